The summed E-state index contributed by atoms with van der Waals surface area (Å²) in [4.78, 5) is 10.4. The fourth-order valence-electron chi connectivity index (χ4n) is 1.23. The van der Waals surface area contributed by atoms with Gasteiger partial charge in [-0.2, -0.15) is 0 Å². The molecule has 1 aliphatic heterocycles. The lowest BCUT2D eigenvalue weighted by atomic mass is 10.1. The van der Waals surface area contributed by atoms with E-state index in [-0.39, 0.29) is 6.42 Å². The minimum atomic E-state index is -1.00. The first-order chi connectivity index (χ1) is 6.63. The summed E-state index contributed by atoms with van der Waals surface area (Å²) in [5.74, 6) is -1.00. The number of aliphatic hydroxyl groups is 1. The van der Waals surface area contributed by atoms with E-state index in [9.17, 15) is 9.90 Å². The van der Waals surface area contributed by atoms with Crippen LogP contribution < -0.4 is 0 Å². The third-order valence-electron chi connectivity index (χ3n) is 1.86. The van der Waals surface area contributed by atoms with Crippen molar-refractivity contribution < 1.29 is 24.5 Å². The van der Waals surface area contributed by atoms with Crippen LogP contribution in [0.25, 0.3) is 0 Å². The summed E-state index contributed by atoms with van der Waals surface area (Å²) in [6.07, 6.45) is 0.698. The molecule has 1 heterocycles. The second kappa shape index (κ2) is 5.09. The van der Waals surface area contributed by atoms with Gasteiger partial charge in [-0.05, 0) is 13.0 Å². The minimum Gasteiger partial charge on any atom is -0.481 e. The number of carboxylic acids is 1. The van der Waals surface area contributed by atoms with Crippen LogP contribution in [0.4, 0.5) is 0 Å². The van der Waals surface area contributed by atoms with E-state index in [2.05, 4.69) is 0 Å². The van der Waals surface area contributed by atoms with E-state index >= 15 is 0 Å². The maximum absolute atomic E-state index is 10.4. The van der Waals surface area contributed by atoms with Gasteiger partial charge >= 0.3 is 5.97 Å². The summed E-state index contributed by atoms with van der Waals surface area (Å²) in [5.41, 5.74) is 0. The lowest BCUT2D eigenvalue weighted by Gasteiger charge is -2.28. The zero-order valence-corrected chi connectivity index (χ0v) is 7.92. The highest BCUT2D eigenvalue weighted by Gasteiger charge is 2.27. The predicted molar refractivity (Wildman–Crippen MR) is 47.7 cm³/mol. The van der Waals surface area contributed by atoms with Crippen molar-refractivity contribution in [1.29, 1.82) is 0 Å². The Kier molecular flexibility index (Phi) is 4.06. The van der Waals surface area contributed by atoms with Crippen molar-refractivity contribution in [2.45, 2.75) is 31.8 Å². The van der Waals surface area contributed by atoms with Crippen LogP contribution in [-0.2, 0) is 14.3 Å². The van der Waals surface area contributed by atoms with E-state index in [1.807, 2.05) is 6.92 Å². The Balaban J connectivity index is 2.51. The molecule has 0 unspecified atom stereocenters. The quantitative estimate of drug-likeness (QED) is 0.634. The van der Waals surface area contributed by atoms with Crippen molar-refractivity contribution in [3.8, 4) is 0 Å². The van der Waals surface area contributed by atoms with Crippen LogP contribution in [-0.4, -0.2) is 41.3 Å². The molecule has 5 nitrogen and oxygen atoms in total. The molecule has 0 radical (unpaired) electrons. The molecule has 0 saturated heterocycles. The fourth-order valence-corrected chi connectivity index (χ4v) is 1.23. The Morgan fingerprint density at radius 1 is 1.57 bits per heavy atom. The normalized spacial score (nSPS) is 31.7. The first-order valence-corrected chi connectivity index (χ1v) is 4.48. The molecule has 0 fully saturated rings. The number of aliphatic hydroxyl groups excluding tert-OH is 1. The second-order valence-corrected chi connectivity index (χ2v) is 2.97. The molecule has 0 aromatic heterocycles. The number of carbonyl (C=O) groups is 1. The molecule has 0 aromatic carbocycles. The van der Waals surface area contributed by atoms with Gasteiger partial charge in [0.2, 0.25) is 0 Å². The molecule has 5 heteroatoms. The fraction of sp³-hybridized carbons (Fsp3) is 0.667. The van der Waals surface area contributed by atoms with Gasteiger partial charge in [-0.25, -0.2) is 0 Å². The summed E-state index contributed by atoms with van der Waals surface area (Å²) in [6, 6.07) is 0. The van der Waals surface area contributed by atoms with Crippen LogP contribution in [0.1, 0.15) is 13.3 Å². The largest absolute Gasteiger partial charge is 0.481 e. The van der Waals surface area contributed by atoms with E-state index in [4.69, 9.17) is 14.6 Å². The highest BCUT2D eigenvalue weighted by Crippen LogP contribution is 2.16. The Morgan fingerprint density at radius 3 is 2.86 bits per heavy atom. The number of rotatable bonds is 4. The van der Waals surface area contributed by atoms with Crippen molar-refractivity contribution >= 4 is 5.97 Å². The number of carboxylic acid groups (broad SMARTS) is 1. The molecule has 0 bridgehead atoms. The number of ether oxygens (including phenoxy) is 2. The van der Waals surface area contributed by atoms with Crippen molar-refractivity contribution in [2.24, 2.45) is 0 Å². The molecule has 0 spiro atoms. The number of aliphatic carboxylic acids is 1. The Hall–Kier alpha value is -0.910. The number of hydrogen-bond acceptors (Lipinski definition) is 4. The predicted octanol–water partition coefficient (Wildman–Crippen LogP) is 0.140. The van der Waals surface area contributed by atoms with Crippen LogP contribution in [0.15, 0.2) is 12.2 Å². The van der Waals surface area contributed by atoms with E-state index in [1.165, 1.54) is 6.08 Å². The molecule has 3 atom stereocenters. The third-order valence-corrected chi connectivity index (χ3v) is 1.86. The highest BCUT2D eigenvalue weighted by molar-refractivity contribution is 5.67. The zero-order valence-electron chi connectivity index (χ0n) is 7.92. The van der Waals surface area contributed by atoms with Crippen LogP contribution in [0.2, 0.25) is 0 Å². The van der Waals surface area contributed by atoms with E-state index in [1.54, 1.807) is 6.08 Å². The van der Waals surface area contributed by atoms with Crippen molar-refractivity contribution in [3.05, 3.63) is 12.2 Å². The maximum atomic E-state index is 10.4. The SMILES string of the molecule is CCO[C@@H]1C=C[C@H](O)[C@@H](CC(=O)O)O1. The topological polar surface area (TPSA) is 76.0 Å². The van der Waals surface area contributed by atoms with Crippen molar-refractivity contribution in [3.63, 3.8) is 0 Å². The second-order valence-electron chi connectivity index (χ2n) is 2.97. The van der Waals surface area contributed by atoms with E-state index in [0.29, 0.717) is 6.61 Å². The van der Waals surface area contributed by atoms with Crippen molar-refractivity contribution in [2.75, 3.05) is 6.61 Å². The molecule has 2 N–H and O–H groups in total. The molecule has 14 heavy (non-hydrogen) atoms. The average Bonchev–Trinajstić information content (AvgIpc) is 2.10. The van der Waals surface area contributed by atoms with Gasteiger partial charge in [0.05, 0.1) is 12.5 Å². The Morgan fingerprint density at radius 2 is 2.29 bits per heavy atom. The van der Waals surface area contributed by atoms with Gasteiger partial charge in [-0.3, -0.25) is 4.79 Å². The molecule has 0 aromatic rings. The minimum absolute atomic E-state index is 0.227. The average molecular weight is 202 g/mol. The summed E-state index contributed by atoms with van der Waals surface area (Å²) in [7, 11) is 0. The lowest BCUT2D eigenvalue weighted by Crippen LogP contribution is -2.37. The first kappa shape index (κ1) is 11.2. The Labute approximate surface area is 81.9 Å². The molecule has 0 saturated carbocycles. The van der Waals surface area contributed by atoms with Crippen LogP contribution in [0.5, 0.6) is 0 Å². The smallest absolute Gasteiger partial charge is 0.306 e. The lowest BCUT2D eigenvalue weighted by molar-refractivity contribution is -0.176. The molecule has 1 aliphatic rings. The summed E-state index contributed by atoms with van der Waals surface area (Å²) < 4.78 is 10.3. The third kappa shape index (κ3) is 3.10. The van der Waals surface area contributed by atoms with E-state index < -0.39 is 24.5 Å². The van der Waals surface area contributed by atoms with Gasteiger partial charge in [-0.15, -0.1) is 0 Å². The van der Waals surface area contributed by atoms with E-state index in [0.717, 1.165) is 0 Å². The highest BCUT2D eigenvalue weighted by atomic mass is 16.7. The standard InChI is InChI=1S/C9H14O5/c1-2-13-9-4-3-6(10)7(14-9)5-8(11)12/h3-4,6-7,9-10H,2,5H2,1H3,(H,11,12)/t6-,7+,9-/m0/s1. The van der Waals surface area contributed by atoms with Gasteiger partial charge < -0.3 is 19.7 Å². The first-order valence-electron chi connectivity index (χ1n) is 4.48. The summed E-state index contributed by atoms with van der Waals surface area (Å²) in [6.45, 7) is 2.29. The molecule has 0 amide bonds. The van der Waals surface area contributed by atoms with Crippen LogP contribution in [0.3, 0.4) is 0 Å². The molecule has 1 rings (SSSR count). The van der Waals surface area contributed by atoms with Crippen molar-refractivity contribution in [1.82, 2.24) is 0 Å². The summed E-state index contributed by atoms with van der Waals surface area (Å²) in [5, 5.41) is 17.9. The zero-order chi connectivity index (χ0) is 10.6. The maximum Gasteiger partial charge on any atom is 0.306 e. The van der Waals surface area contributed by atoms with Gasteiger partial charge in [0.15, 0.2) is 6.29 Å². The van der Waals surface area contributed by atoms with Gasteiger partial charge in [0.25, 0.3) is 0 Å². The van der Waals surface area contributed by atoms with Gasteiger partial charge in [0.1, 0.15) is 6.10 Å². The van der Waals surface area contributed by atoms with Crippen LogP contribution in [0, 0.1) is 0 Å². The molecule has 0 aliphatic carbocycles. The van der Waals surface area contributed by atoms with Gasteiger partial charge in [-0.1, -0.05) is 6.08 Å². The molecule has 80 valence electrons. The monoisotopic (exact) mass is 202 g/mol. The number of hydrogen-bond donors (Lipinski definition) is 2. The summed E-state index contributed by atoms with van der Waals surface area (Å²) >= 11 is 0. The molecular weight excluding hydrogens is 188 g/mol. The Bertz CT molecular complexity index is 225. The van der Waals surface area contributed by atoms with Crippen LogP contribution >= 0.6 is 0 Å². The van der Waals surface area contributed by atoms with Gasteiger partial charge in [0, 0.05) is 6.61 Å². The molecular formula is C9H14O5.